The van der Waals surface area contributed by atoms with E-state index in [9.17, 15) is 14.9 Å². The zero-order valence-corrected chi connectivity index (χ0v) is 8.82. The minimum Gasteiger partial charge on any atom is -0.386 e. The number of hydrogen-bond acceptors (Lipinski definition) is 5. The number of benzene rings is 1. The van der Waals surface area contributed by atoms with Gasteiger partial charge in [-0.15, -0.1) is 0 Å². The van der Waals surface area contributed by atoms with E-state index in [0.29, 0.717) is 11.3 Å². The maximum Gasteiger partial charge on any atom is 0.317 e. The van der Waals surface area contributed by atoms with Gasteiger partial charge in [0.15, 0.2) is 0 Å². The van der Waals surface area contributed by atoms with Crippen molar-refractivity contribution in [2.75, 3.05) is 0 Å². The molecule has 0 N–H and O–H groups in total. The van der Waals surface area contributed by atoms with Gasteiger partial charge in [-0.05, 0) is 12.1 Å². The van der Waals surface area contributed by atoms with Crippen LogP contribution in [0.4, 0.5) is 5.69 Å². The maximum absolute atomic E-state index is 10.8. The molecule has 0 aliphatic heterocycles. The number of non-ortho nitro benzene ring substituents is 1. The predicted molar refractivity (Wildman–Crippen MR) is 55.3 cm³/mol. The van der Waals surface area contributed by atoms with Crippen LogP contribution in [0.1, 0.15) is 13.3 Å². The van der Waals surface area contributed by atoms with Gasteiger partial charge in [0.25, 0.3) is 5.69 Å². The lowest BCUT2D eigenvalue weighted by Gasteiger charge is -1.99. The molecule has 1 aromatic rings. The summed E-state index contributed by atoms with van der Waals surface area (Å²) in [5, 5.41) is 10.3. The van der Waals surface area contributed by atoms with Crippen LogP contribution in [0.3, 0.4) is 0 Å². The fourth-order valence-corrected chi connectivity index (χ4v) is 1.33. The van der Waals surface area contributed by atoms with Gasteiger partial charge in [0, 0.05) is 23.4 Å². The molecule has 0 saturated carbocycles. The molecular weight excluding hydrogens is 218 g/mol. The Labute approximate surface area is 90.8 Å². The first kappa shape index (κ1) is 11.5. The van der Waals surface area contributed by atoms with E-state index in [-0.39, 0.29) is 11.7 Å². The highest BCUT2D eigenvalue weighted by Gasteiger charge is 2.06. The largest absolute Gasteiger partial charge is 0.386 e. The lowest BCUT2D eigenvalue weighted by molar-refractivity contribution is -0.384. The molecule has 0 fully saturated rings. The molecule has 0 amide bonds. The van der Waals surface area contributed by atoms with E-state index < -0.39 is 4.92 Å². The van der Waals surface area contributed by atoms with Crippen LogP contribution in [-0.2, 0) is 8.98 Å². The van der Waals surface area contributed by atoms with E-state index in [0.717, 1.165) is 12.0 Å². The van der Waals surface area contributed by atoms with Gasteiger partial charge in [0.05, 0.1) is 17.0 Å². The van der Waals surface area contributed by atoms with Gasteiger partial charge in [-0.2, -0.15) is 0 Å². The highest BCUT2D eigenvalue weighted by Crippen LogP contribution is 2.22. The number of hydrogen-bond donors (Lipinski definition) is 0. The molecule has 15 heavy (non-hydrogen) atoms. The smallest absolute Gasteiger partial charge is 0.317 e. The molecule has 0 radical (unpaired) electrons. The Morgan fingerprint density at radius 3 is 2.53 bits per heavy atom. The Bertz CT molecular complexity index is 363. The van der Waals surface area contributed by atoms with Gasteiger partial charge in [0.2, 0.25) is 0 Å². The third-order valence-electron chi connectivity index (χ3n) is 1.57. The van der Waals surface area contributed by atoms with Crippen molar-refractivity contribution in [3.05, 3.63) is 34.4 Å². The molecule has 0 bridgehead atoms. The van der Waals surface area contributed by atoms with E-state index in [1.807, 2.05) is 0 Å². The molecule has 0 spiro atoms. The van der Waals surface area contributed by atoms with Gasteiger partial charge in [-0.1, -0.05) is 6.92 Å². The number of carbonyl (C=O) groups excluding carboxylic acids is 1. The molecule has 0 aromatic heterocycles. The number of nitro benzene ring substituents is 1. The minimum absolute atomic E-state index is 0.0150. The fraction of sp³-hybridized carbons (Fsp3) is 0.222. The van der Waals surface area contributed by atoms with Gasteiger partial charge in [-0.3, -0.25) is 14.9 Å². The molecule has 1 rings (SSSR count). The first-order valence-electron chi connectivity index (χ1n) is 4.25. The number of carbonyl (C=O) groups is 1. The van der Waals surface area contributed by atoms with Crippen molar-refractivity contribution >= 4 is 23.7 Å². The average Bonchev–Trinajstić information content (AvgIpc) is 2.26. The van der Waals surface area contributed by atoms with Crippen LogP contribution in [0.2, 0.25) is 0 Å². The third-order valence-corrected chi connectivity index (χ3v) is 2.30. The van der Waals surface area contributed by atoms with Crippen molar-refractivity contribution in [3.8, 4) is 0 Å². The standard InChI is InChI=1S/C9H9NO4S/c1-2-9(11)14-15-8-5-3-7(4-6-8)10(12)13/h3-6H,2H2,1H3. The maximum atomic E-state index is 10.8. The van der Waals surface area contributed by atoms with Crippen LogP contribution in [0.25, 0.3) is 0 Å². The van der Waals surface area contributed by atoms with Gasteiger partial charge < -0.3 is 4.18 Å². The second-order valence-corrected chi connectivity index (χ2v) is 3.45. The molecule has 0 aliphatic rings. The highest BCUT2D eigenvalue weighted by molar-refractivity contribution is 7.95. The summed E-state index contributed by atoms with van der Waals surface area (Å²) in [5.41, 5.74) is 0.0150. The van der Waals surface area contributed by atoms with Gasteiger partial charge in [-0.25, -0.2) is 0 Å². The number of nitrogens with zero attached hydrogens (tertiary/aromatic N) is 1. The molecule has 1 aromatic carbocycles. The lowest BCUT2D eigenvalue weighted by Crippen LogP contribution is -1.94. The average molecular weight is 227 g/mol. The molecule has 5 nitrogen and oxygen atoms in total. The summed E-state index contributed by atoms with van der Waals surface area (Å²) < 4.78 is 4.79. The van der Waals surface area contributed by atoms with Crippen molar-refractivity contribution in [3.63, 3.8) is 0 Å². The monoisotopic (exact) mass is 227 g/mol. The van der Waals surface area contributed by atoms with E-state index in [4.69, 9.17) is 4.18 Å². The summed E-state index contributed by atoms with van der Waals surface area (Å²) in [6.45, 7) is 1.69. The fourth-order valence-electron chi connectivity index (χ4n) is 0.777. The molecule has 0 unspecified atom stereocenters. The summed E-state index contributed by atoms with van der Waals surface area (Å²) in [7, 11) is 0. The van der Waals surface area contributed by atoms with Gasteiger partial charge >= 0.3 is 5.97 Å². The van der Waals surface area contributed by atoms with Crippen LogP contribution >= 0.6 is 12.0 Å². The summed E-state index contributed by atoms with van der Waals surface area (Å²) in [4.78, 5) is 21.3. The molecule has 6 heteroatoms. The molecular formula is C9H9NO4S. The Morgan fingerprint density at radius 2 is 2.07 bits per heavy atom. The Morgan fingerprint density at radius 1 is 1.47 bits per heavy atom. The zero-order chi connectivity index (χ0) is 11.3. The van der Waals surface area contributed by atoms with E-state index in [1.54, 1.807) is 6.92 Å². The number of nitro groups is 1. The summed E-state index contributed by atoms with van der Waals surface area (Å²) in [6, 6.07) is 5.79. The van der Waals surface area contributed by atoms with Crippen molar-refractivity contribution < 1.29 is 13.9 Å². The Kier molecular flexibility index (Phi) is 4.11. The first-order chi connectivity index (χ1) is 7.13. The molecule has 80 valence electrons. The lowest BCUT2D eigenvalue weighted by atomic mass is 10.3. The summed E-state index contributed by atoms with van der Waals surface area (Å²) >= 11 is 0.901. The number of rotatable bonds is 4. The SMILES string of the molecule is CCC(=O)OSc1ccc([N+](=O)[O-])cc1. The predicted octanol–water partition coefficient (Wildman–Crippen LogP) is 2.56. The second kappa shape index (κ2) is 5.35. The van der Waals surface area contributed by atoms with Crippen LogP contribution in [-0.4, -0.2) is 10.9 Å². The minimum atomic E-state index is -0.480. The third kappa shape index (κ3) is 3.59. The van der Waals surface area contributed by atoms with Crippen molar-refractivity contribution in [1.82, 2.24) is 0 Å². The molecule has 0 saturated heterocycles. The van der Waals surface area contributed by atoms with Crippen molar-refractivity contribution in [1.29, 1.82) is 0 Å². The van der Waals surface area contributed by atoms with E-state index >= 15 is 0 Å². The first-order valence-corrected chi connectivity index (χ1v) is 4.99. The van der Waals surface area contributed by atoms with Gasteiger partial charge in [0.1, 0.15) is 0 Å². The van der Waals surface area contributed by atoms with Crippen LogP contribution < -0.4 is 0 Å². The van der Waals surface area contributed by atoms with Crippen LogP contribution in [0.5, 0.6) is 0 Å². The molecule has 0 aliphatic carbocycles. The zero-order valence-electron chi connectivity index (χ0n) is 8.00. The van der Waals surface area contributed by atoms with Crippen LogP contribution in [0.15, 0.2) is 29.2 Å². The molecule has 0 heterocycles. The second-order valence-electron chi connectivity index (χ2n) is 2.64. The highest BCUT2D eigenvalue weighted by atomic mass is 32.2. The Balaban J connectivity index is 2.57. The normalized spacial score (nSPS) is 9.67. The molecule has 0 atom stereocenters. The van der Waals surface area contributed by atoms with E-state index in [1.165, 1.54) is 24.3 Å². The van der Waals surface area contributed by atoms with Crippen LogP contribution in [0, 0.1) is 10.1 Å². The quantitative estimate of drug-likeness (QED) is 0.449. The van der Waals surface area contributed by atoms with Crippen molar-refractivity contribution in [2.45, 2.75) is 18.2 Å². The van der Waals surface area contributed by atoms with E-state index in [2.05, 4.69) is 0 Å². The Hall–Kier alpha value is -1.56. The topological polar surface area (TPSA) is 69.4 Å². The van der Waals surface area contributed by atoms with Crippen molar-refractivity contribution in [2.24, 2.45) is 0 Å². The summed E-state index contributed by atoms with van der Waals surface area (Å²) in [5.74, 6) is -0.321. The summed E-state index contributed by atoms with van der Waals surface area (Å²) in [6.07, 6.45) is 0.306.